The zero-order chi connectivity index (χ0) is 13.1. The van der Waals surface area contributed by atoms with Gasteiger partial charge in [-0.3, -0.25) is 0 Å². The molecule has 1 aliphatic rings. The van der Waals surface area contributed by atoms with E-state index in [4.69, 9.17) is 9.47 Å². The second-order valence-electron chi connectivity index (χ2n) is 4.27. The lowest BCUT2D eigenvalue weighted by Gasteiger charge is -2.09. The molecule has 0 spiro atoms. The van der Waals surface area contributed by atoms with E-state index in [1.807, 2.05) is 37.4 Å². The maximum absolute atomic E-state index is 5.67. The van der Waals surface area contributed by atoms with E-state index in [0.29, 0.717) is 13.2 Å². The highest BCUT2D eigenvalue weighted by Gasteiger charge is 2.12. The molecule has 0 radical (unpaired) electrons. The van der Waals surface area contributed by atoms with Crippen LogP contribution in [0.15, 0.2) is 30.3 Å². The summed E-state index contributed by atoms with van der Waals surface area (Å²) in [7, 11) is 1.82. The van der Waals surface area contributed by atoms with Gasteiger partial charge in [-0.15, -0.1) is 10.2 Å². The third kappa shape index (κ3) is 2.45. The van der Waals surface area contributed by atoms with Crippen molar-refractivity contribution in [2.24, 2.45) is 0 Å². The van der Waals surface area contributed by atoms with Gasteiger partial charge in [-0.2, -0.15) is 0 Å². The van der Waals surface area contributed by atoms with Gasteiger partial charge in [-0.05, 0) is 30.3 Å². The summed E-state index contributed by atoms with van der Waals surface area (Å²) in [5.74, 6) is 2.31. The SMILES string of the molecule is CNc1ccc(-c2ccc3c(c2)OCCCO3)nn1. The van der Waals surface area contributed by atoms with Crippen molar-refractivity contribution in [1.29, 1.82) is 0 Å². The molecule has 2 heterocycles. The van der Waals surface area contributed by atoms with Crippen LogP contribution in [0.1, 0.15) is 6.42 Å². The Morgan fingerprint density at radius 1 is 1.00 bits per heavy atom. The number of benzene rings is 1. The van der Waals surface area contributed by atoms with Crippen LogP contribution in [-0.2, 0) is 0 Å². The van der Waals surface area contributed by atoms with Crippen LogP contribution in [0, 0.1) is 0 Å². The molecule has 1 aromatic carbocycles. The zero-order valence-corrected chi connectivity index (χ0v) is 10.7. The van der Waals surface area contributed by atoms with Crippen molar-refractivity contribution in [3.63, 3.8) is 0 Å². The van der Waals surface area contributed by atoms with Crippen molar-refractivity contribution in [2.45, 2.75) is 6.42 Å². The summed E-state index contributed by atoms with van der Waals surface area (Å²) >= 11 is 0. The molecule has 0 atom stereocenters. The van der Waals surface area contributed by atoms with E-state index in [2.05, 4.69) is 15.5 Å². The van der Waals surface area contributed by atoms with E-state index in [1.54, 1.807) is 0 Å². The highest BCUT2D eigenvalue weighted by Crippen LogP contribution is 2.33. The molecular formula is C14H15N3O2. The Hall–Kier alpha value is -2.30. The summed E-state index contributed by atoms with van der Waals surface area (Å²) in [5, 5.41) is 11.2. The Morgan fingerprint density at radius 3 is 2.58 bits per heavy atom. The summed E-state index contributed by atoms with van der Waals surface area (Å²) in [4.78, 5) is 0. The van der Waals surface area contributed by atoms with E-state index >= 15 is 0 Å². The van der Waals surface area contributed by atoms with Crippen LogP contribution in [0.25, 0.3) is 11.3 Å². The van der Waals surface area contributed by atoms with E-state index in [1.165, 1.54) is 0 Å². The van der Waals surface area contributed by atoms with Gasteiger partial charge in [0.15, 0.2) is 11.5 Å². The second kappa shape index (κ2) is 5.14. The topological polar surface area (TPSA) is 56.3 Å². The monoisotopic (exact) mass is 257 g/mol. The second-order valence-corrected chi connectivity index (χ2v) is 4.27. The van der Waals surface area contributed by atoms with Crippen LogP contribution in [0.4, 0.5) is 5.82 Å². The van der Waals surface area contributed by atoms with Crippen molar-refractivity contribution in [3.05, 3.63) is 30.3 Å². The average Bonchev–Trinajstić information content (AvgIpc) is 2.72. The lowest BCUT2D eigenvalue weighted by Crippen LogP contribution is -1.97. The fraction of sp³-hybridized carbons (Fsp3) is 0.286. The molecule has 0 saturated heterocycles. The summed E-state index contributed by atoms with van der Waals surface area (Å²) in [6.07, 6.45) is 0.903. The molecule has 0 saturated carbocycles. The van der Waals surface area contributed by atoms with Crippen LogP contribution in [0.3, 0.4) is 0 Å². The summed E-state index contributed by atoms with van der Waals surface area (Å²) in [5.41, 5.74) is 1.79. The molecule has 5 heteroatoms. The quantitative estimate of drug-likeness (QED) is 0.895. The fourth-order valence-electron chi connectivity index (χ4n) is 1.94. The summed E-state index contributed by atoms with van der Waals surface area (Å²) in [6, 6.07) is 9.66. The number of anilines is 1. The number of nitrogens with one attached hydrogen (secondary N) is 1. The first-order chi connectivity index (χ1) is 9.36. The number of fused-ring (bicyclic) bond motifs is 1. The summed E-state index contributed by atoms with van der Waals surface area (Å²) in [6.45, 7) is 1.38. The van der Waals surface area contributed by atoms with Crippen molar-refractivity contribution in [3.8, 4) is 22.8 Å². The van der Waals surface area contributed by atoms with Gasteiger partial charge in [-0.1, -0.05) is 0 Å². The van der Waals surface area contributed by atoms with Gasteiger partial charge in [0.1, 0.15) is 5.82 Å². The molecule has 19 heavy (non-hydrogen) atoms. The number of hydrogen-bond donors (Lipinski definition) is 1. The zero-order valence-electron chi connectivity index (χ0n) is 10.7. The lowest BCUT2D eigenvalue weighted by molar-refractivity contribution is 0.297. The predicted octanol–water partition coefficient (Wildman–Crippen LogP) is 2.35. The molecule has 98 valence electrons. The number of rotatable bonds is 2. The Bertz CT molecular complexity index is 569. The Balaban J connectivity index is 1.94. The normalized spacial score (nSPS) is 13.7. The van der Waals surface area contributed by atoms with Gasteiger partial charge >= 0.3 is 0 Å². The van der Waals surface area contributed by atoms with Crippen molar-refractivity contribution >= 4 is 5.82 Å². The van der Waals surface area contributed by atoms with Crippen LogP contribution in [-0.4, -0.2) is 30.5 Å². The Morgan fingerprint density at radius 2 is 1.84 bits per heavy atom. The molecule has 0 aliphatic carbocycles. The van der Waals surface area contributed by atoms with Gasteiger partial charge in [0.25, 0.3) is 0 Å². The van der Waals surface area contributed by atoms with Crippen LogP contribution in [0.2, 0.25) is 0 Å². The molecule has 3 rings (SSSR count). The molecule has 2 aromatic rings. The Kier molecular flexibility index (Phi) is 3.18. The first-order valence-electron chi connectivity index (χ1n) is 6.28. The molecule has 1 aliphatic heterocycles. The molecule has 5 nitrogen and oxygen atoms in total. The highest BCUT2D eigenvalue weighted by atomic mass is 16.5. The maximum atomic E-state index is 5.67. The van der Waals surface area contributed by atoms with Crippen molar-refractivity contribution < 1.29 is 9.47 Å². The molecule has 0 unspecified atom stereocenters. The lowest BCUT2D eigenvalue weighted by atomic mass is 10.1. The first-order valence-corrected chi connectivity index (χ1v) is 6.28. The van der Waals surface area contributed by atoms with Gasteiger partial charge in [0, 0.05) is 19.0 Å². The van der Waals surface area contributed by atoms with Gasteiger partial charge in [0.2, 0.25) is 0 Å². The van der Waals surface area contributed by atoms with Crippen LogP contribution < -0.4 is 14.8 Å². The highest BCUT2D eigenvalue weighted by molar-refractivity contribution is 5.64. The number of ether oxygens (including phenoxy) is 2. The standard InChI is InChI=1S/C14H15N3O2/c1-15-14-6-4-11(16-17-14)10-3-5-12-13(9-10)19-8-2-7-18-12/h3-6,9H,2,7-8H2,1H3,(H,15,17). The summed E-state index contributed by atoms with van der Waals surface area (Å²) < 4.78 is 11.3. The first kappa shape index (κ1) is 11.8. The molecule has 0 fully saturated rings. The van der Waals surface area contributed by atoms with E-state index in [9.17, 15) is 0 Å². The Labute approximate surface area is 111 Å². The number of hydrogen-bond acceptors (Lipinski definition) is 5. The molecule has 1 N–H and O–H groups in total. The average molecular weight is 257 g/mol. The molecular weight excluding hydrogens is 242 g/mol. The van der Waals surface area contributed by atoms with E-state index in [-0.39, 0.29) is 0 Å². The van der Waals surface area contributed by atoms with Gasteiger partial charge < -0.3 is 14.8 Å². The van der Waals surface area contributed by atoms with Crippen LogP contribution >= 0.6 is 0 Å². The van der Waals surface area contributed by atoms with Gasteiger partial charge in [-0.25, -0.2) is 0 Å². The third-order valence-electron chi connectivity index (χ3n) is 2.96. The number of nitrogens with zero attached hydrogens (tertiary/aromatic N) is 2. The third-order valence-corrected chi connectivity index (χ3v) is 2.96. The van der Waals surface area contributed by atoms with E-state index in [0.717, 1.165) is 35.0 Å². The van der Waals surface area contributed by atoms with E-state index < -0.39 is 0 Å². The number of aromatic nitrogens is 2. The van der Waals surface area contributed by atoms with Crippen LogP contribution in [0.5, 0.6) is 11.5 Å². The van der Waals surface area contributed by atoms with Gasteiger partial charge in [0.05, 0.1) is 18.9 Å². The largest absolute Gasteiger partial charge is 0.490 e. The molecule has 0 amide bonds. The predicted molar refractivity (Wildman–Crippen MR) is 72.6 cm³/mol. The molecule has 0 bridgehead atoms. The minimum Gasteiger partial charge on any atom is -0.490 e. The smallest absolute Gasteiger partial charge is 0.161 e. The van der Waals surface area contributed by atoms with Crippen molar-refractivity contribution in [2.75, 3.05) is 25.6 Å². The minimum atomic E-state index is 0.681. The maximum Gasteiger partial charge on any atom is 0.161 e. The van der Waals surface area contributed by atoms with Crippen molar-refractivity contribution in [1.82, 2.24) is 10.2 Å². The fourth-order valence-corrected chi connectivity index (χ4v) is 1.94. The molecule has 1 aromatic heterocycles. The minimum absolute atomic E-state index is 0.681.